The summed E-state index contributed by atoms with van der Waals surface area (Å²) in [7, 11) is 0. The van der Waals surface area contributed by atoms with Crippen LogP contribution in [0.15, 0.2) is 42.5 Å². The van der Waals surface area contributed by atoms with Crippen molar-refractivity contribution in [2.75, 3.05) is 23.4 Å². The highest BCUT2D eigenvalue weighted by Crippen LogP contribution is 2.30. The molecule has 1 aliphatic heterocycles. The molecule has 0 saturated heterocycles. The molecule has 27 heavy (non-hydrogen) atoms. The lowest BCUT2D eigenvalue weighted by Crippen LogP contribution is -2.35. The fourth-order valence-electron chi connectivity index (χ4n) is 3.18. The van der Waals surface area contributed by atoms with Crippen LogP contribution in [0.4, 0.5) is 11.4 Å². The smallest absolute Gasteiger partial charge is 0.262 e. The molecule has 1 N–H and O–H groups in total. The molecule has 1 heterocycles. The maximum Gasteiger partial charge on any atom is 0.262 e. The van der Waals surface area contributed by atoms with Gasteiger partial charge in [-0.1, -0.05) is 31.0 Å². The van der Waals surface area contributed by atoms with Gasteiger partial charge in [-0.25, -0.2) is 0 Å². The van der Waals surface area contributed by atoms with Crippen molar-refractivity contribution in [1.82, 2.24) is 0 Å². The van der Waals surface area contributed by atoms with Crippen LogP contribution in [0.5, 0.6) is 5.75 Å². The highest BCUT2D eigenvalue weighted by molar-refractivity contribution is 5.97. The first kappa shape index (κ1) is 19.0. The quantitative estimate of drug-likeness (QED) is 0.803. The van der Waals surface area contributed by atoms with Crippen molar-refractivity contribution in [3.05, 3.63) is 53.6 Å². The number of carbonyl (C=O) groups excluding carboxylic acids is 2. The summed E-state index contributed by atoms with van der Waals surface area (Å²) < 4.78 is 5.52. The first-order valence-electron chi connectivity index (χ1n) is 9.49. The summed E-state index contributed by atoms with van der Waals surface area (Å²) in [5, 5.41) is 2.88. The Bertz CT molecular complexity index is 815. The largest absolute Gasteiger partial charge is 0.484 e. The van der Waals surface area contributed by atoms with Crippen LogP contribution in [0.2, 0.25) is 0 Å². The summed E-state index contributed by atoms with van der Waals surface area (Å²) in [6.07, 6.45) is 3.26. The predicted molar refractivity (Wildman–Crippen MR) is 107 cm³/mol. The SMILES string of the molecule is CCCCN1C(=O)CCc2cc(NC(=O)COc3ccc(C)cc3)ccc21. The third-order valence-corrected chi connectivity index (χ3v) is 4.69. The zero-order valence-corrected chi connectivity index (χ0v) is 16.0. The fourth-order valence-corrected chi connectivity index (χ4v) is 3.18. The van der Waals surface area contributed by atoms with E-state index in [-0.39, 0.29) is 18.4 Å². The van der Waals surface area contributed by atoms with Gasteiger partial charge in [-0.05, 0) is 55.7 Å². The van der Waals surface area contributed by atoms with Gasteiger partial charge in [0.1, 0.15) is 5.75 Å². The van der Waals surface area contributed by atoms with Gasteiger partial charge in [-0.2, -0.15) is 0 Å². The number of nitrogens with one attached hydrogen (secondary N) is 1. The molecule has 5 nitrogen and oxygen atoms in total. The van der Waals surface area contributed by atoms with E-state index in [9.17, 15) is 9.59 Å². The van der Waals surface area contributed by atoms with Gasteiger partial charge < -0.3 is 15.0 Å². The molecule has 0 unspecified atom stereocenters. The van der Waals surface area contributed by atoms with E-state index in [2.05, 4.69) is 12.2 Å². The number of hydrogen-bond donors (Lipinski definition) is 1. The van der Waals surface area contributed by atoms with Crippen LogP contribution in [-0.2, 0) is 16.0 Å². The Kier molecular flexibility index (Phi) is 6.12. The summed E-state index contributed by atoms with van der Waals surface area (Å²) >= 11 is 0. The summed E-state index contributed by atoms with van der Waals surface area (Å²) in [5.74, 6) is 0.649. The number of hydrogen-bond acceptors (Lipinski definition) is 3. The van der Waals surface area contributed by atoms with Crippen molar-refractivity contribution in [2.24, 2.45) is 0 Å². The van der Waals surface area contributed by atoms with Crippen LogP contribution >= 0.6 is 0 Å². The second-order valence-electron chi connectivity index (χ2n) is 6.89. The normalized spacial score (nSPS) is 13.3. The van der Waals surface area contributed by atoms with E-state index < -0.39 is 0 Å². The zero-order valence-electron chi connectivity index (χ0n) is 16.0. The average molecular weight is 366 g/mol. The highest BCUT2D eigenvalue weighted by atomic mass is 16.5. The van der Waals surface area contributed by atoms with Crippen molar-refractivity contribution < 1.29 is 14.3 Å². The van der Waals surface area contributed by atoms with E-state index >= 15 is 0 Å². The van der Waals surface area contributed by atoms with Gasteiger partial charge in [0.05, 0.1) is 0 Å². The Morgan fingerprint density at radius 2 is 1.93 bits per heavy atom. The van der Waals surface area contributed by atoms with E-state index in [0.717, 1.165) is 41.9 Å². The number of amides is 2. The van der Waals surface area contributed by atoms with E-state index in [1.165, 1.54) is 0 Å². The fraction of sp³-hybridized carbons (Fsp3) is 0.364. The van der Waals surface area contributed by atoms with Crippen molar-refractivity contribution in [3.8, 4) is 5.75 Å². The molecular formula is C22H26N2O3. The first-order valence-corrected chi connectivity index (χ1v) is 9.49. The van der Waals surface area contributed by atoms with E-state index in [4.69, 9.17) is 4.74 Å². The lowest BCUT2D eigenvalue weighted by molar-refractivity contribution is -0.119. The average Bonchev–Trinajstić information content (AvgIpc) is 2.67. The highest BCUT2D eigenvalue weighted by Gasteiger charge is 2.23. The Morgan fingerprint density at radius 3 is 2.67 bits per heavy atom. The number of carbonyl (C=O) groups is 2. The second kappa shape index (κ2) is 8.71. The minimum absolute atomic E-state index is 0.0404. The molecule has 0 aliphatic carbocycles. The molecule has 0 saturated carbocycles. The summed E-state index contributed by atoms with van der Waals surface area (Å²) in [6.45, 7) is 4.83. The van der Waals surface area contributed by atoms with Gasteiger partial charge in [-0.15, -0.1) is 0 Å². The lowest BCUT2D eigenvalue weighted by Gasteiger charge is -2.29. The molecule has 0 fully saturated rings. The van der Waals surface area contributed by atoms with Gasteiger partial charge in [-0.3, -0.25) is 9.59 Å². The van der Waals surface area contributed by atoms with Crippen molar-refractivity contribution in [3.63, 3.8) is 0 Å². The molecule has 0 radical (unpaired) electrons. The molecule has 0 spiro atoms. The maximum absolute atomic E-state index is 12.2. The van der Waals surface area contributed by atoms with Gasteiger partial charge in [0, 0.05) is 24.3 Å². The van der Waals surface area contributed by atoms with E-state index in [1.807, 2.05) is 54.3 Å². The zero-order chi connectivity index (χ0) is 19.2. The number of anilines is 2. The molecule has 5 heteroatoms. The molecule has 2 aromatic carbocycles. The minimum Gasteiger partial charge on any atom is -0.484 e. The monoisotopic (exact) mass is 366 g/mol. The summed E-state index contributed by atoms with van der Waals surface area (Å²) in [5.41, 5.74) is 3.94. The minimum atomic E-state index is -0.203. The van der Waals surface area contributed by atoms with E-state index in [1.54, 1.807) is 0 Å². The Hall–Kier alpha value is -2.82. The Labute approximate surface area is 160 Å². The van der Waals surface area contributed by atoms with Crippen LogP contribution in [0.25, 0.3) is 0 Å². The number of nitrogens with zero attached hydrogens (tertiary/aromatic N) is 1. The lowest BCUT2D eigenvalue weighted by atomic mass is 10.00. The van der Waals surface area contributed by atoms with Crippen LogP contribution in [-0.4, -0.2) is 25.0 Å². The number of fused-ring (bicyclic) bond motifs is 1. The van der Waals surface area contributed by atoms with Gasteiger partial charge in [0.25, 0.3) is 5.91 Å². The maximum atomic E-state index is 12.2. The molecule has 2 aromatic rings. The third-order valence-electron chi connectivity index (χ3n) is 4.69. The Balaban J connectivity index is 1.61. The molecular weight excluding hydrogens is 340 g/mol. The molecule has 3 rings (SSSR count). The van der Waals surface area contributed by atoms with Crippen LogP contribution in [0.3, 0.4) is 0 Å². The predicted octanol–water partition coefficient (Wildman–Crippen LogP) is 4.09. The topological polar surface area (TPSA) is 58.6 Å². The number of benzene rings is 2. The van der Waals surface area contributed by atoms with Crippen molar-refractivity contribution in [1.29, 1.82) is 0 Å². The molecule has 0 aromatic heterocycles. The standard InChI is InChI=1S/C22H26N2O3/c1-3-4-13-24-20-11-8-18(14-17(20)7-12-22(24)26)23-21(25)15-27-19-9-5-16(2)6-10-19/h5-6,8-11,14H,3-4,7,12-13,15H2,1-2H3,(H,23,25). The molecule has 142 valence electrons. The second-order valence-corrected chi connectivity index (χ2v) is 6.89. The van der Waals surface area contributed by atoms with Crippen LogP contribution in [0.1, 0.15) is 37.3 Å². The van der Waals surface area contributed by atoms with Gasteiger partial charge >= 0.3 is 0 Å². The number of rotatable bonds is 7. The molecule has 0 bridgehead atoms. The van der Waals surface area contributed by atoms with E-state index in [0.29, 0.717) is 18.6 Å². The summed E-state index contributed by atoms with van der Waals surface area (Å²) in [6, 6.07) is 13.3. The third kappa shape index (κ3) is 4.88. The summed E-state index contributed by atoms with van der Waals surface area (Å²) in [4.78, 5) is 26.3. The number of unbranched alkanes of at least 4 members (excludes halogenated alkanes) is 1. The molecule has 2 amide bonds. The van der Waals surface area contributed by atoms with Gasteiger partial charge in [0.15, 0.2) is 6.61 Å². The van der Waals surface area contributed by atoms with Crippen LogP contribution < -0.4 is 15.0 Å². The van der Waals surface area contributed by atoms with Crippen molar-refractivity contribution >= 4 is 23.2 Å². The number of aryl methyl sites for hydroxylation is 2. The number of ether oxygens (including phenoxy) is 1. The Morgan fingerprint density at radius 1 is 1.15 bits per heavy atom. The first-order chi connectivity index (χ1) is 13.1. The molecule has 1 aliphatic rings. The van der Waals surface area contributed by atoms with Crippen molar-refractivity contribution in [2.45, 2.75) is 39.5 Å². The van der Waals surface area contributed by atoms with Crippen LogP contribution in [0, 0.1) is 6.92 Å². The van der Waals surface area contributed by atoms with Gasteiger partial charge in [0.2, 0.25) is 5.91 Å². The molecule has 0 atom stereocenters.